The van der Waals surface area contributed by atoms with Gasteiger partial charge in [0.25, 0.3) is 0 Å². The van der Waals surface area contributed by atoms with Crippen molar-refractivity contribution in [3.8, 4) is 11.1 Å². The third-order valence-electron chi connectivity index (χ3n) is 4.42. The Morgan fingerprint density at radius 2 is 2.08 bits per heavy atom. The van der Waals surface area contributed by atoms with Crippen molar-refractivity contribution in [2.75, 3.05) is 11.4 Å². The average Bonchev–Trinajstić information content (AvgIpc) is 3.05. The summed E-state index contributed by atoms with van der Waals surface area (Å²) >= 11 is 0. The molecule has 1 aromatic carbocycles. The fourth-order valence-electron chi connectivity index (χ4n) is 2.95. The number of hydrogen-bond acceptors (Lipinski definition) is 5. The number of aryl methyl sites for hydroxylation is 1. The molecular weight excluding hydrogens is 328 g/mol. The molecule has 2 aromatic heterocycles. The fraction of sp³-hybridized carbons (Fsp3) is 0.250. The summed E-state index contributed by atoms with van der Waals surface area (Å²) in [6, 6.07) is 9.86. The third kappa shape index (κ3) is 3.50. The van der Waals surface area contributed by atoms with E-state index in [1.165, 1.54) is 6.92 Å². The quantitative estimate of drug-likeness (QED) is 0.546. The van der Waals surface area contributed by atoms with E-state index in [4.69, 9.17) is 5.73 Å². The summed E-state index contributed by atoms with van der Waals surface area (Å²) in [5.74, 6) is -0.920. The van der Waals surface area contributed by atoms with E-state index in [-0.39, 0.29) is 6.54 Å². The van der Waals surface area contributed by atoms with Crippen molar-refractivity contribution in [3.63, 3.8) is 0 Å². The van der Waals surface area contributed by atoms with Crippen LogP contribution in [0.5, 0.6) is 0 Å². The molecule has 0 aliphatic carbocycles. The Morgan fingerprint density at radius 3 is 2.77 bits per heavy atom. The van der Waals surface area contributed by atoms with E-state index >= 15 is 0 Å². The van der Waals surface area contributed by atoms with E-state index in [2.05, 4.69) is 4.98 Å². The molecule has 0 spiro atoms. The Labute approximate surface area is 152 Å². The van der Waals surface area contributed by atoms with Crippen LogP contribution in [0.4, 0.5) is 5.69 Å². The molecule has 1 unspecified atom stereocenters. The smallest absolute Gasteiger partial charge is 0.217 e. The minimum Gasteiger partial charge on any atom is -0.349 e. The molecule has 6 nitrogen and oxygen atoms in total. The maximum absolute atomic E-state index is 11.9. The lowest BCUT2D eigenvalue weighted by Gasteiger charge is -2.28. The van der Waals surface area contributed by atoms with Crippen LogP contribution >= 0.6 is 0 Å². The molecule has 2 N–H and O–H groups in total. The second kappa shape index (κ2) is 7.09. The number of Topliss-reactive ketones (excluding diaryl/α,β-unsaturated/α-hetero) is 2. The molecule has 134 valence electrons. The summed E-state index contributed by atoms with van der Waals surface area (Å²) in [6.45, 7) is 5.08. The van der Waals surface area contributed by atoms with Crippen LogP contribution in [0.15, 0.2) is 48.9 Å². The molecule has 0 saturated heterocycles. The van der Waals surface area contributed by atoms with E-state index in [9.17, 15) is 9.59 Å². The number of ketones is 2. The van der Waals surface area contributed by atoms with Gasteiger partial charge in [-0.1, -0.05) is 12.1 Å². The van der Waals surface area contributed by atoms with Crippen LogP contribution in [-0.2, 0) is 9.59 Å². The topological polar surface area (TPSA) is 80.7 Å². The van der Waals surface area contributed by atoms with Gasteiger partial charge in [-0.15, -0.1) is 0 Å². The number of carbonyl (C=O) groups is 2. The third-order valence-corrected chi connectivity index (χ3v) is 4.42. The number of anilines is 1. The van der Waals surface area contributed by atoms with Gasteiger partial charge in [-0.2, -0.15) is 0 Å². The lowest BCUT2D eigenvalue weighted by atomic mass is 10.0. The van der Waals surface area contributed by atoms with Crippen LogP contribution in [0.2, 0.25) is 0 Å². The second-order valence-electron chi connectivity index (χ2n) is 6.46. The van der Waals surface area contributed by atoms with Gasteiger partial charge in [0, 0.05) is 36.8 Å². The fourth-order valence-corrected chi connectivity index (χ4v) is 2.95. The SMILES string of the molecule is CC(=O)C(=O)CN(c1cccc(-c2cn3ccnc3cc2C)c1)C(C)N. The molecule has 6 heteroatoms. The molecule has 3 rings (SSSR count). The summed E-state index contributed by atoms with van der Waals surface area (Å²) in [4.78, 5) is 29.3. The second-order valence-corrected chi connectivity index (χ2v) is 6.46. The Bertz CT molecular complexity index is 975. The molecule has 0 amide bonds. The number of rotatable bonds is 6. The van der Waals surface area contributed by atoms with Gasteiger partial charge in [-0.3, -0.25) is 9.59 Å². The first kappa shape index (κ1) is 17.8. The van der Waals surface area contributed by atoms with E-state index in [0.29, 0.717) is 0 Å². The monoisotopic (exact) mass is 350 g/mol. The summed E-state index contributed by atoms with van der Waals surface area (Å²) in [5, 5.41) is 0. The van der Waals surface area contributed by atoms with Crippen molar-refractivity contribution in [2.45, 2.75) is 26.9 Å². The molecule has 2 heterocycles. The first-order chi connectivity index (χ1) is 12.4. The number of nitrogens with two attached hydrogens (primary N) is 1. The lowest BCUT2D eigenvalue weighted by molar-refractivity contribution is -0.134. The highest BCUT2D eigenvalue weighted by Gasteiger charge is 2.18. The summed E-state index contributed by atoms with van der Waals surface area (Å²) in [5.41, 5.74) is 10.9. The number of aromatic nitrogens is 2. The molecule has 26 heavy (non-hydrogen) atoms. The Morgan fingerprint density at radius 1 is 1.31 bits per heavy atom. The van der Waals surface area contributed by atoms with Crippen LogP contribution in [0.1, 0.15) is 19.4 Å². The number of nitrogens with zero attached hydrogens (tertiary/aromatic N) is 3. The number of pyridine rings is 1. The molecule has 0 saturated carbocycles. The van der Waals surface area contributed by atoms with Gasteiger partial charge < -0.3 is 15.0 Å². The van der Waals surface area contributed by atoms with Gasteiger partial charge in [-0.25, -0.2) is 4.98 Å². The van der Waals surface area contributed by atoms with Crippen LogP contribution in [0.25, 0.3) is 16.8 Å². The summed E-state index contributed by atoms with van der Waals surface area (Å²) in [6.07, 6.45) is 5.31. The summed E-state index contributed by atoms with van der Waals surface area (Å²) < 4.78 is 1.97. The zero-order chi connectivity index (χ0) is 18.8. The maximum atomic E-state index is 11.9. The average molecular weight is 350 g/mol. The maximum Gasteiger partial charge on any atom is 0.217 e. The highest BCUT2D eigenvalue weighted by Crippen LogP contribution is 2.28. The minimum absolute atomic E-state index is 0.0318. The van der Waals surface area contributed by atoms with E-state index in [1.807, 2.05) is 54.0 Å². The summed E-state index contributed by atoms with van der Waals surface area (Å²) in [7, 11) is 0. The molecule has 3 aromatic rings. The predicted molar refractivity (Wildman–Crippen MR) is 102 cm³/mol. The van der Waals surface area contributed by atoms with E-state index in [0.717, 1.165) is 28.0 Å². The standard InChI is InChI=1S/C20H22N4O2/c1-13-9-20-22-7-8-23(20)11-18(13)16-5-4-6-17(10-16)24(15(3)21)12-19(26)14(2)25/h4-11,15H,12,21H2,1-3H3. The van der Waals surface area contributed by atoms with Crippen molar-refractivity contribution in [3.05, 3.63) is 54.5 Å². The van der Waals surface area contributed by atoms with Crippen molar-refractivity contribution >= 4 is 22.9 Å². The van der Waals surface area contributed by atoms with Crippen molar-refractivity contribution in [2.24, 2.45) is 5.73 Å². The zero-order valence-electron chi connectivity index (χ0n) is 15.1. The van der Waals surface area contributed by atoms with Crippen LogP contribution in [0, 0.1) is 6.92 Å². The van der Waals surface area contributed by atoms with E-state index in [1.54, 1.807) is 18.0 Å². The molecule has 0 aliphatic heterocycles. The van der Waals surface area contributed by atoms with Crippen LogP contribution < -0.4 is 10.6 Å². The van der Waals surface area contributed by atoms with E-state index < -0.39 is 17.7 Å². The van der Waals surface area contributed by atoms with Crippen molar-refractivity contribution < 1.29 is 9.59 Å². The highest BCUT2D eigenvalue weighted by atomic mass is 16.2. The minimum atomic E-state index is -0.465. The first-order valence-corrected chi connectivity index (χ1v) is 8.46. The van der Waals surface area contributed by atoms with Gasteiger partial charge in [0.1, 0.15) is 5.65 Å². The predicted octanol–water partition coefficient (Wildman–Crippen LogP) is 2.58. The van der Waals surface area contributed by atoms with Crippen molar-refractivity contribution in [1.29, 1.82) is 0 Å². The Balaban J connectivity index is 2.01. The first-order valence-electron chi connectivity index (χ1n) is 8.46. The van der Waals surface area contributed by atoms with Crippen molar-refractivity contribution in [1.82, 2.24) is 9.38 Å². The Kier molecular flexibility index (Phi) is 4.86. The van der Waals surface area contributed by atoms with Gasteiger partial charge in [-0.05, 0) is 43.2 Å². The number of fused-ring (bicyclic) bond motifs is 1. The van der Waals surface area contributed by atoms with Gasteiger partial charge in [0.05, 0.1) is 12.7 Å². The normalized spacial score (nSPS) is 12.2. The molecule has 1 atom stereocenters. The number of benzene rings is 1. The number of hydrogen-bond donors (Lipinski definition) is 1. The molecule has 0 aliphatic rings. The zero-order valence-corrected chi connectivity index (χ0v) is 15.1. The van der Waals surface area contributed by atoms with Crippen LogP contribution in [-0.4, -0.2) is 33.7 Å². The number of imidazole rings is 1. The largest absolute Gasteiger partial charge is 0.349 e. The van der Waals surface area contributed by atoms with Crippen LogP contribution in [0.3, 0.4) is 0 Å². The molecular formula is C20H22N4O2. The lowest BCUT2D eigenvalue weighted by Crippen LogP contribution is -2.44. The van der Waals surface area contributed by atoms with Gasteiger partial charge >= 0.3 is 0 Å². The van der Waals surface area contributed by atoms with Gasteiger partial charge in [0.15, 0.2) is 5.78 Å². The van der Waals surface area contributed by atoms with Gasteiger partial charge in [0.2, 0.25) is 5.78 Å². The molecule has 0 bridgehead atoms. The molecule has 0 radical (unpaired) electrons. The molecule has 0 fully saturated rings. The number of carbonyl (C=O) groups excluding carboxylic acids is 2. The highest BCUT2D eigenvalue weighted by molar-refractivity contribution is 6.37. The Hall–Kier alpha value is -2.99.